The molecule has 0 fully saturated rings. The molecular weight excluding hydrogens is 420 g/mol. The maximum atomic E-state index is 5.97. The fourth-order valence-electron chi connectivity index (χ4n) is 4.97. The summed E-state index contributed by atoms with van der Waals surface area (Å²) in [5.74, 6) is 2.46. The first-order valence-corrected chi connectivity index (χ1v) is 11.8. The van der Waals surface area contributed by atoms with Gasteiger partial charge in [0, 0.05) is 35.3 Å². The molecule has 5 rings (SSSR count). The third-order valence-electron chi connectivity index (χ3n) is 6.65. The molecule has 1 aromatic carbocycles. The van der Waals surface area contributed by atoms with Crippen LogP contribution in [0.1, 0.15) is 56.4 Å². The first kappa shape index (κ1) is 21.0. The van der Waals surface area contributed by atoms with Gasteiger partial charge in [0.25, 0.3) is 5.16 Å². The van der Waals surface area contributed by atoms with Crippen molar-refractivity contribution in [3.63, 3.8) is 0 Å². The Labute approximate surface area is 194 Å². The summed E-state index contributed by atoms with van der Waals surface area (Å²) in [7, 11) is 1.70. The normalized spacial score (nSPS) is 25.1. The van der Waals surface area contributed by atoms with Gasteiger partial charge in [-0.25, -0.2) is 4.99 Å². The van der Waals surface area contributed by atoms with Crippen molar-refractivity contribution in [3.05, 3.63) is 82.1 Å². The first-order valence-electron chi connectivity index (χ1n) is 11.4. The van der Waals surface area contributed by atoms with Crippen LogP contribution in [-0.4, -0.2) is 29.6 Å². The topological polar surface area (TPSA) is 49.0 Å². The van der Waals surface area contributed by atoms with E-state index >= 15 is 0 Å². The lowest BCUT2D eigenvalue weighted by Crippen LogP contribution is -2.30. The van der Waals surface area contributed by atoms with E-state index in [0.29, 0.717) is 11.1 Å². The summed E-state index contributed by atoms with van der Waals surface area (Å²) in [4.78, 5) is 9.11. The number of amidine groups is 1. The molecule has 164 valence electrons. The molecule has 0 bridgehead atoms. The van der Waals surface area contributed by atoms with E-state index in [2.05, 4.69) is 52.7 Å². The monoisotopic (exact) mass is 447 g/mol. The Morgan fingerprint density at radius 3 is 2.84 bits per heavy atom. The Morgan fingerprint density at radius 2 is 2.06 bits per heavy atom. The SMILES string of the molecule is COC1=CC(NC2=NC3=C(CCCC(c4ccccc4)C3)CC2)=CCC1[N+]1=C=NC(Cl)=C1. The van der Waals surface area contributed by atoms with Crippen molar-refractivity contribution in [3.8, 4) is 0 Å². The van der Waals surface area contributed by atoms with Crippen molar-refractivity contribution < 1.29 is 9.31 Å². The second kappa shape index (κ2) is 9.32. The van der Waals surface area contributed by atoms with Gasteiger partial charge in [0.2, 0.25) is 0 Å². The summed E-state index contributed by atoms with van der Waals surface area (Å²) >= 11 is 5.97. The zero-order valence-electron chi connectivity index (χ0n) is 18.4. The molecule has 2 aliphatic carbocycles. The Balaban J connectivity index is 1.31. The third-order valence-corrected chi connectivity index (χ3v) is 6.83. The van der Waals surface area contributed by atoms with Crippen LogP contribution in [0.4, 0.5) is 0 Å². The van der Waals surface area contributed by atoms with Crippen LogP contribution in [0, 0.1) is 0 Å². The van der Waals surface area contributed by atoms with E-state index in [4.69, 9.17) is 21.3 Å². The lowest BCUT2D eigenvalue weighted by Gasteiger charge is -2.24. The van der Waals surface area contributed by atoms with Crippen LogP contribution >= 0.6 is 11.6 Å². The van der Waals surface area contributed by atoms with E-state index in [9.17, 15) is 0 Å². The number of hydrogen-bond acceptors (Lipinski definition) is 4. The second-order valence-corrected chi connectivity index (χ2v) is 9.06. The van der Waals surface area contributed by atoms with Crippen LogP contribution in [-0.2, 0) is 4.74 Å². The summed E-state index contributed by atoms with van der Waals surface area (Å²) in [6, 6.07) is 13.8. The number of hydrogen-bond donors (Lipinski definition) is 1. The number of methoxy groups -OCH3 is 1. The minimum atomic E-state index is 0.0154. The maximum absolute atomic E-state index is 5.97. The maximum Gasteiger partial charge on any atom is 0.320 e. The van der Waals surface area contributed by atoms with Gasteiger partial charge in [0.05, 0.1) is 7.11 Å². The minimum absolute atomic E-state index is 0.0154. The number of halogens is 1. The van der Waals surface area contributed by atoms with Gasteiger partial charge in [-0.15, -0.1) is 0 Å². The zero-order chi connectivity index (χ0) is 21.9. The van der Waals surface area contributed by atoms with Gasteiger partial charge in [-0.05, 0) is 60.8 Å². The van der Waals surface area contributed by atoms with Crippen molar-refractivity contribution >= 4 is 23.4 Å². The number of rotatable bonds is 4. The quantitative estimate of drug-likeness (QED) is 0.468. The second-order valence-electron chi connectivity index (χ2n) is 8.67. The summed E-state index contributed by atoms with van der Waals surface area (Å²) in [6.07, 6.45) is 13.5. The molecule has 1 N–H and O–H groups in total. The van der Waals surface area contributed by atoms with Crippen molar-refractivity contribution in [2.24, 2.45) is 9.98 Å². The Hall–Kier alpha value is -2.88. The molecular formula is C26H28ClN4O+. The molecule has 6 heteroatoms. The Kier molecular flexibility index (Phi) is 6.11. The molecule has 2 atom stereocenters. The van der Waals surface area contributed by atoms with Gasteiger partial charge in [-0.3, -0.25) is 0 Å². The van der Waals surface area contributed by atoms with Gasteiger partial charge in [0.1, 0.15) is 11.6 Å². The van der Waals surface area contributed by atoms with E-state index in [-0.39, 0.29) is 6.04 Å². The largest absolute Gasteiger partial charge is 0.496 e. The van der Waals surface area contributed by atoms with Crippen LogP contribution < -0.4 is 5.32 Å². The van der Waals surface area contributed by atoms with Gasteiger partial charge in [0.15, 0.2) is 12.2 Å². The summed E-state index contributed by atoms with van der Waals surface area (Å²) in [5.41, 5.74) is 5.30. The molecule has 2 unspecified atom stereocenters. The number of aliphatic imine (C=N–C) groups is 2. The molecule has 0 radical (unpaired) electrons. The standard InChI is InChI=1S/C26H28ClN4O/c1-32-24-15-21(11-12-23(24)31-16-25(27)28-17-31)29-26-13-10-19-8-5-9-20(14-22(19)30-26)18-6-3-2-4-7-18/h2-4,6-7,11,15-16,20,23H,5,8-10,12-14H2,1H3,(H,29,30)/q+1. The van der Waals surface area contributed by atoms with Crippen LogP contribution in [0.3, 0.4) is 0 Å². The predicted octanol–water partition coefficient (Wildman–Crippen LogP) is 5.80. The Morgan fingerprint density at radius 1 is 1.19 bits per heavy atom. The number of allylic oxidation sites excluding steroid dienone is 3. The molecule has 5 nitrogen and oxygen atoms in total. The van der Waals surface area contributed by atoms with E-state index in [1.54, 1.807) is 18.9 Å². The van der Waals surface area contributed by atoms with Crippen LogP contribution in [0.15, 0.2) is 86.6 Å². The van der Waals surface area contributed by atoms with Gasteiger partial charge in [-0.1, -0.05) is 36.4 Å². The highest BCUT2D eigenvalue weighted by Crippen LogP contribution is 2.38. The van der Waals surface area contributed by atoms with Crippen molar-refractivity contribution in [1.82, 2.24) is 5.32 Å². The third kappa shape index (κ3) is 4.50. The zero-order valence-corrected chi connectivity index (χ0v) is 19.1. The average molecular weight is 448 g/mol. The summed E-state index contributed by atoms with van der Waals surface area (Å²) < 4.78 is 7.54. The van der Waals surface area contributed by atoms with Crippen LogP contribution in [0.5, 0.6) is 0 Å². The minimum Gasteiger partial charge on any atom is -0.496 e. The molecule has 1 aromatic rings. The molecule has 4 aliphatic rings. The van der Waals surface area contributed by atoms with E-state index in [0.717, 1.165) is 43.0 Å². The van der Waals surface area contributed by atoms with Gasteiger partial charge >= 0.3 is 6.01 Å². The fourth-order valence-corrected chi connectivity index (χ4v) is 5.11. The predicted molar refractivity (Wildman–Crippen MR) is 128 cm³/mol. The molecule has 2 heterocycles. The van der Waals surface area contributed by atoms with Crippen LogP contribution in [0.2, 0.25) is 0 Å². The van der Waals surface area contributed by atoms with Gasteiger partial charge in [-0.2, -0.15) is 4.58 Å². The van der Waals surface area contributed by atoms with Crippen molar-refractivity contribution in [2.75, 3.05) is 7.11 Å². The van der Waals surface area contributed by atoms with Crippen molar-refractivity contribution in [1.29, 1.82) is 0 Å². The summed E-state index contributed by atoms with van der Waals surface area (Å²) in [5, 5.41) is 4.00. The lowest BCUT2D eigenvalue weighted by molar-refractivity contribution is -0.486. The lowest BCUT2D eigenvalue weighted by atomic mass is 9.91. The molecule has 32 heavy (non-hydrogen) atoms. The molecule has 0 aromatic heterocycles. The molecule has 2 aliphatic heterocycles. The number of nitrogens with one attached hydrogen (secondary N) is 1. The first-order chi connectivity index (χ1) is 15.7. The number of ether oxygens (including phenoxy) is 1. The number of nitrogens with zero attached hydrogens (tertiary/aromatic N) is 3. The smallest absolute Gasteiger partial charge is 0.320 e. The number of benzene rings is 1. The highest BCUT2D eigenvalue weighted by molar-refractivity contribution is 6.29. The van der Waals surface area contributed by atoms with E-state index in [1.165, 1.54) is 30.5 Å². The van der Waals surface area contributed by atoms with Gasteiger partial charge < -0.3 is 10.1 Å². The summed E-state index contributed by atoms with van der Waals surface area (Å²) in [6.45, 7) is 0. The van der Waals surface area contributed by atoms with E-state index < -0.39 is 0 Å². The van der Waals surface area contributed by atoms with E-state index in [1.807, 2.05) is 10.7 Å². The average Bonchev–Trinajstić information content (AvgIpc) is 3.14. The molecule has 0 spiro atoms. The Bertz CT molecular complexity index is 1120. The molecule has 0 amide bonds. The highest BCUT2D eigenvalue weighted by Gasteiger charge is 2.29. The molecule has 0 saturated carbocycles. The molecule has 0 saturated heterocycles. The highest BCUT2D eigenvalue weighted by atomic mass is 35.5. The van der Waals surface area contributed by atoms with Crippen molar-refractivity contribution in [2.45, 2.75) is 56.9 Å². The van der Waals surface area contributed by atoms with Crippen LogP contribution in [0.25, 0.3) is 0 Å². The fraction of sp³-hybridized carbons (Fsp3) is 0.385.